The van der Waals surface area contributed by atoms with Crippen molar-refractivity contribution >= 4 is 23.1 Å². The van der Waals surface area contributed by atoms with E-state index in [1.165, 1.54) is 4.88 Å². The normalized spacial score (nSPS) is 16.9. The van der Waals surface area contributed by atoms with Gasteiger partial charge in [-0.1, -0.05) is 18.2 Å². The number of hydrogen-bond donors (Lipinski definition) is 2. The van der Waals surface area contributed by atoms with Crippen molar-refractivity contribution in [3.05, 3.63) is 64.0 Å². The van der Waals surface area contributed by atoms with Gasteiger partial charge in [-0.15, -0.1) is 11.3 Å². The molecular weight excluding hydrogens is 310 g/mol. The molecule has 5 nitrogen and oxygen atoms in total. The summed E-state index contributed by atoms with van der Waals surface area (Å²) in [5.41, 5.74) is 1.92. The van der Waals surface area contributed by atoms with E-state index < -0.39 is 0 Å². The SMILES string of the molecule is O=C1C[C@@H](c2cccc(O)c2)c2cnn(Cc3cccs3)c2N1. The lowest BCUT2D eigenvalue weighted by molar-refractivity contribution is -0.116. The van der Waals surface area contributed by atoms with Crippen molar-refractivity contribution in [2.45, 2.75) is 18.9 Å². The fraction of sp³-hybridized carbons (Fsp3) is 0.176. The van der Waals surface area contributed by atoms with Crippen molar-refractivity contribution in [2.75, 3.05) is 5.32 Å². The van der Waals surface area contributed by atoms with Gasteiger partial charge in [0.25, 0.3) is 0 Å². The number of aromatic nitrogens is 2. The summed E-state index contributed by atoms with van der Waals surface area (Å²) in [6, 6.07) is 11.1. The molecule has 3 heterocycles. The number of nitrogens with one attached hydrogen (secondary N) is 1. The van der Waals surface area contributed by atoms with Crippen molar-refractivity contribution < 1.29 is 9.90 Å². The van der Waals surface area contributed by atoms with Gasteiger partial charge in [-0.3, -0.25) is 4.79 Å². The minimum Gasteiger partial charge on any atom is -0.508 e. The van der Waals surface area contributed by atoms with Crippen molar-refractivity contribution in [1.29, 1.82) is 0 Å². The summed E-state index contributed by atoms with van der Waals surface area (Å²) in [7, 11) is 0. The zero-order valence-corrected chi connectivity index (χ0v) is 13.1. The lowest BCUT2D eigenvalue weighted by Gasteiger charge is -2.23. The van der Waals surface area contributed by atoms with Gasteiger partial charge in [0.2, 0.25) is 5.91 Å². The Labute approximate surface area is 137 Å². The van der Waals surface area contributed by atoms with Gasteiger partial charge >= 0.3 is 0 Å². The molecule has 0 saturated carbocycles. The third-order valence-electron chi connectivity index (χ3n) is 4.05. The number of carbonyl (C=O) groups is 1. The molecule has 2 aromatic heterocycles. The Morgan fingerprint density at radius 3 is 3.04 bits per heavy atom. The van der Waals surface area contributed by atoms with Gasteiger partial charge in [-0.25, -0.2) is 4.68 Å². The molecule has 0 unspecified atom stereocenters. The smallest absolute Gasteiger partial charge is 0.226 e. The van der Waals surface area contributed by atoms with Crippen LogP contribution in [0.2, 0.25) is 0 Å². The molecule has 1 amide bonds. The molecule has 1 aliphatic rings. The summed E-state index contributed by atoms with van der Waals surface area (Å²) in [5.74, 6) is 0.853. The molecule has 116 valence electrons. The number of thiophene rings is 1. The van der Waals surface area contributed by atoms with E-state index in [2.05, 4.69) is 16.5 Å². The number of phenols is 1. The summed E-state index contributed by atoms with van der Waals surface area (Å²) in [5, 5.41) is 19.1. The van der Waals surface area contributed by atoms with E-state index in [0.29, 0.717) is 13.0 Å². The molecule has 4 rings (SSSR count). The number of phenolic OH excluding ortho intramolecular Hbond substituents is 1. The highest BCUT2D eigenvalue weighted by Gasteiger charge is 2.30. The lowest BCUT2D eigenvalue weighted by atomic mass is 9.87. The largest absolute Gasteiger partial charge is 0.508 e. The Hall–Kier alpha value is -2.60. The molecule has 1 atom stereocenters. The molecule has 2 N–H and O–H groups in total. The molecule has 23 heavy (non-hydrogen) atoms. The van der Waals surface area contributed by atoms with E-state index >= 15 is 0 Å². The van der Waals surface area contributed by atoms with E-state index in [4.69, 9.17) is 0 Å². The van der Waals surface area contributed by atoms with Gasteiger partial charge in [0.15, 0.2) is 0 Å². The van der Waals surface area contributed by atoms with Crippen LogP contribution < -0.4 is 5.32 Å². The zero-order valence-electron chi connectivity index (χ0n) is 12.3. The molecule has 0 fully saturated rings. The zero-order chi connectivity index (χ0) is 15.8. The summed E-state index contributed by atoms with van der Waals surface area (Å²) >= 11 is 1.67. The second kappa shape index (κ2) is 5.55. The predicted octanol–water partition coefficient (Wildman–Crippen LogP) is 3.17. The average Bonchev–Trinajstić information content (AvgIpc) is 3.18. The van der Waals surface area contributed by atoms with Gasteiger partial charge in [-0.2, -0.15) is 5.10 Å². The molecule has 0 radical (unpaired) electrons. The number of anilines is 1. The summed E-state index contributed by atoms with van der Waals surface area (Å²) < 4.78 is 1.83. The molecule has 1 aliphatic heterocycles. The van der Waals surface area contributed by atoms with Crippen LogP contribution in [0.5, 0.6) is 5.75 Å². The first-order chi connectivity index (χ1) is 11.2. The lowest BCUT2D eigenvalue weighted by Crippen LogP contribution is -2.25. The van der Waals surface area contributed by atoms with Gasteiger partial charge in [0.05, 0.1) is 12.7 Å². The summed E-state index contributed by atoms with van der Waals surface area (Å²) in [6.07, 6.45) is 2.18. The van der Waals surface area contributed by atoms with E-state index in [9.17, 15) is 9.90 Å². The van der Waals surface area contributed by atoms with E-state index in [1.807, 2.05) is 28.4 Å². The number of nitrogens with zero attached hydrogens (tertiary/aromatic N) is 2. The average molecular weight is 325 g/mol. The monoisotopic (exact) mass is 325 g/mol. The molecule has 0 bridgehead atoms. The van der Waals surface area contributed by atoms with Crippen LogP contribution in [0.4, 0.5) is 5.82 Å². The van der Waals surface area contributed by atoms with Crippen LogP contribution in [0.1, 0.15) is 28.3 Å². The van der Waals surface area contributed by atoms with Crippen molar-refractivity contribution in [3.63, 3.8) is 0 Å². The van der Waals surface area contributed by atoms with Crippen molar-refractivity contribution in [3.8, 4) is 5.75 Å². The van der Waals surface area contributed by atoms with Gasteiger partial charge in [-0.05, 0) is 29.1 Å². The van der Waals surface area contributed by atoms with Gasteiger partial charge < -0.3 is 10.4 Å². The van der Waals surface area contributed by atoms with E-state index in [1.54, 1.807) is 29.5 Å². The van der Waals surface area contributed by atoms with Crippen LogP contribution in [0, 0.1) is 0 Å². The first kappa shape index (κ1) is 14.0. The molecule has 0 aliphatic carbocycles. The predicted molar refractivity (Wildman–Crippen MR) is 88.8 cm³/mol. The molecule has 0 saturated heterocycles. The Kier molecular flexibility index (Phi) is 3.38. The number of rotatable bonds is 3. The molecule has 6 heteroatoms. The van der Waals surface area contributed by atoms with E-state index in [0.717, 1.165) is 16.9 Å². The summed E-state index contributed by atoms with van der Waals surface area (Å²) in [4.78, 5) is 13.3. The minimum atomic E-state index is -0.0806. The second-order valence-corrected chi connectivity index (χ2v) is 6.62. The highest BCUT2D eigenvalue weighted by Crippen LogP contribution is 2.38. The quantitative estimate of drug-likeness (QED) is 0.777. The Morgan fingerprint density at radius 2 is 2.26 bits per heavy atom. The maximum atomic E-state index is 12.1. The molecule has 0 spiro atoms. The van der Waals surface area contributed by atoms with Crippen LogP contribution in [0.15, 0.2) is 48.0 Å². The number of carbonyl (C=O) groups excluding carboxylic acids is 1. The van der Waals surface area contributed by atoms with Crippen LogP contribution >= 0.6 is 11.3 Å². The summed E-state index contributed by atoms with van der Waals surface area (Å²) in [6.45, 7) is 0.639. The van der Waals surface area contributed by atoms with Crippen molar-refractivity contribution in [2.24, 2.45) is 0 Å². The molecular formula is C17H15N3O2S. The fourth-order valence-corrected chi connectivity index (χ4v) is 3.66. The molecule has 1 aromatic carbocycles. The van der Waals surface area contributed by atoms with Crippen molar-refractivity contribution in [1.82, 2.24) is 9.78 Å². The number of aromatic hydroxyl groups is 1. The maximum Gasteiger partial charge on any atom is 0.226 e. The highest BCUT2D eigenvalue weighted by molar-refractivity contribution is 7.09. The number of fused-ring (bicyclic) bond motifs is 1. The third-order valence-corrected chi connectivity index (χ3v) is 4.91. The Balaban J connectivity index is 1.73. The maximum absolute atomic E-state index is 12.1. The number of benzene rings is 1. The highest BCUT2D eigenvalue weighted by atomic mass is 32.1. The second-order valence-electron chi connectivity index (χ2n) is 5.59. The Bertz CT molecular complexity index is 855. The molecule has 3 aromatic rings. The topological polar surface area (TPSA) is 67.1 Å². The van der Waals surface area contributed by atoms with Gasteiger partial charge in [0, 0.05) is 22.8 Å². The fourth-order valence-electron chi connectivity index (χ4n) is 2.98. The van der Waals surface area contributed by atoms with E-state index in [-0.39, 0.29) is 17.6 Å². The Morgan fingerprint density at radius 1 is 1.35 bits per heavy atom. The standard InChI is InChI=1S/C17H15N3O2S/c21-12-4-1-3-11(7-12)14-8-16(22)19-17-15(14)9-18-20(17)10-13-5-2-6-23-13/h1-7,9,14,21H,8,10H2,(H,19,22)/t14-/m0/s1. The van der Waals surface area contributed by atoms with Crippen LogP contribution in [-0.4, -0.2) is 20.8 Å². The number of amides is 1. The first-order valence-electron chi connectivity index (χ1n) is 7.37. The first-order valence-corrected chi connectivity index (χ1v) is 8.25. The van der Waals surface area contributed by atoms with Crippen LogP contribution in [0.3, 0.4) is 0 Å². The minimum absolute atomic E-state index is 0.0289. The third kappa shape index (κ3) is 2.61. The van der Waals surface area contributed by atoms with Gasteiger partial charge in [0.1, 0.15) is 11.6 Å². The number of hydrogen-bond acceptors (Lipinski definition) is 4. The van der Waals surface area contributed by atoms with Crippen LogP contribution in [-0.2, 0) is 11.3 Å². The van der Waals surface area contributed by atoms with Crippen LogP contribution in [0.25, 0.3) is 0 Å².